The molecule has 1 saturated heterocycles. The van der Waals surface area contributed by atoms with Crippen molar-refractivity contribution in [3.8, 4) is 22.9 Å². The van der Waals surface area contributed by atoms with Crippen molar-refractivity contribution in [3.05, 3.63) is 95.1 Å². The Hall–Kier alpha value is -3.77. The van der Waals surface area contributed by atoms with Crippen LogP contribution in [0.25, 0.3) is 22.9 Å². The van der Waals surface area contributed by atoms with Gasteiger partial charge in [0.2, 0.25) is 11.8 Å². The standard InChI is InChI=1S/C29H30N4O2/c1-21-7-3-4-8-26(21)29-32-31-28(35-29)25-15-13-24(14-16-25)27(34)30-19-22-9-11-23(12-10-22)20-33-17-5-2-6-18-33/h3-4,7-16H,2,5-6,17-20H2,1H3,(H,30,34). The first-order valence-electron chi connectivity index (χ1n) is 12.2. The zero-order chi connectivity index (χ0) is 24.0. The summed E-state index contributed by atoms with van der Waals surface area (Å²) in [5.74, 6) is 0.807. The van der Waals surface area contributed by atoms with Gasteiger partial charge in [-0.3, -0.25) is 9.69 Å². The maximum atomic E-state index is 12.7. The molecule has 6 heteroatoms. The number of aryl methyl sites for hydroxylation is 1. The Bertz CT molecular complexity index is 1270. The molecule has 1 amide bonds. The minimum Gasteiger partial charge on any atom is -0.416 e. The van der Waals surface area contributed by atoms with Crippen molar-refractivity contribution >= 4 is 5.91 Å². The SMILES string of the molecule is Cc1ccccc1-c1nnc(-c2ccc(C(=O)NCc3ccc(CN4CCCCC4)cc3)cc2)o1. The van der Waals surface area contributed by atoms with Gasteiger partial charge in [-0.25, -0.2) is 0 Å². The summed E-state index contributed by atoms with van der Waals surface area (Å²) >= 11 is 0. The normalized spacial score (nSPS) is 14.1. The molecule has 0 unspecified atom stereocenters. The van der Waals surface area contributed by atoms with Crippen LogP contribution >= 0.6 is 0 Å². The van der Waals surface area contributed by atoms with Crippen LogP contribution in [0.15, 0.2) is 77.2 Å². The van der Waals surface area contributed by atoms with E-state index in [9.17, 15) is 4.79 Å². The van der Waals surface area contributed by atoms with E-state index in [-0.39, 0.29) is 5.91 Å². The minimum absolute atomic E-state index is 0.111. The van der Waals surface area contributed by atoms with E-state index in [4.69, 9.17) is 4.42 Å². The molecule has 0 atom stereocenters. The van der Waals surface area contributed by atoms with Gasteiger partial charge >= 0.3 is 0 Å². The van der Waals surface area contributed by atoms with Crippen molar-refractivity contribution in [2.75, 3.05) is 13.1 Å². The molecule has 0 radical (unpaired) electrons. The van der Waals surface area contributed by atoms with Crippen LogP contribution in [-0.2, 0) is 13.1 Å². The van der Waals surface area contributed by atoms with Gasteiger partial charge in [-0.2, -0.15) is 0 Å². The molecular weight excluding hydrogens is 436 g/mol. The fourth-order valence-corrected chi connectivity index (χ4v) is 4.45. The Balaban J connectivity index is 1.16. The number of nitrogens with zero attached hydrogens (tertiary/aromatic N) is 3. The predicted octanol–water partition coefficient (Wildman–Crippen LogP) is 5.63. The van der Waals surface area contributed by atoms with Gasteiger partial charge in [-0.05, 0) is 79.9 Å². The van der Waals surface area contributed by atoms with Crippen LogP contribution in [-0.4, -0.2) is 34.1 Å². The van der Waals surface area contributed by atoms with Gasteiger partial charge in [0.1, 0.15) is 0 Å². The molecule has 1 N–H and O–H groups in total. The fourth-order valence-electron chi connectivity index (χ4n) is 4.45. The smallest absolute Gasteiger partial charge is 0.251 e. The summed E-state index contributed by atoms with van der Waals surface area (Å²) in [4.78, 5) is 15.2. The van der Waals surface area contributed by atoms with Crippen molar-refractivity contribution in [2.24, 2.45) is 0 Å². The van der Waals surface area contributed by atoms with E-state index in [1.807, 2.05) is 43.3 Å². The summed E-state index contributed by atoms with van der Waals surface area (Å²) in [6, 6.07) is 23.7. The van der Waals surface area contributed by atoms with Crippen molar-refractivity contribution in [1.82, 2.24) is 20.4 Å². The van der Waals surface area contributed by atoms with E-state index in [1.165, 1.54) is 37.9 Å². The van der Waals surface area contributed by atoms with E-state index in [0.717, 1.165) is 28.8 Å². The first-order valence-corrected chi connectivity index (χ1v) is 12.2. The van der Waals surface area contributed by atoms with Crippen LogP contribution in [0.1, 0.15) is 46.3 Å². The molecule has 4 aromatic rings. The molecule has 35 heavy (non-hydrogen) atoms. The molecule has 3 aromatic carbocycles. The number of rotatable bonds is 7. The maximum Gasteiger partial charge on any atom is 0.251 e. The van der Waals surface area contributed by atoms with Crippen molar-refractivity contribution in [1.29, 1.82) is 0 Å². The van der Waals surface area contributed by atoms with Gasteiger partial charge in [-0.1, -0.05) is 48.9 Å². The van der Waals surface area contributed by atoms with Crippen LogP contribution in [0, 0.1) is 6.92 Å². The van der Waals surface area contributed by atoms with E-state index in [0.29, 0.717) is 23.9 Å². The Kier molecular flexibility index (Phi) is 7.00. The molecule has 2 heterocycles. The molecule has 0 saturated carbocycles. The second kappa shape index (κ2) is 10.7. The third-order valence-electron chi connectivity index (χ3n) is 6.53. The van der Waals surface area contributed by atoms with Gasteiger partial charge in [0.05, 0.1) is 0 Å². The Morgan fingerprint density at radius 3 is 2.29 bits per heavy atom. The molecule has 1 aliphatic heterocycles. The highest BCUT2D eigenvalue weighted by molar-refractivity contribution is 5.94. The molecule has 0 aliphatic carbocycles. The van der Waals surface area contributed by atoms with Gasteiger partial charge in [-0.15, -0.1) is 10.2 Å². The summed E-state index contributed by atoms with van der Waals surface area (Å²) in [6.45, 7) is 5.89. The molecule has 5 rings (SSSR count). The first kappa shape index (κ1) is 23.0. The number of hydrogen-bond donors (Lipinski definition) is 1. The Morgan fingerprint density at radius 2 is 1.54 bits per heavy atom. The van der Waals surface area contributed by atoms with Crippen LogP contribution in [0.2, 0.25) is 0 Å². The number of piperidine rings is 1. The fraction of sp³-hybridized carbons (Fsp3) is 0.276. The quantitative estimate of drug-likeness (QED) is 0.382. The third kappa shape index (κ3) is 5.66. The lowest BCUT2D eigenvalue weighted by Gasteiger charge is -2.26. The monoisotopic (exact) mass is 466 g/mol. The van der Waals surface area contributed by atoms with Crippen molar-refractivity contribution in [3.63, 3.8) is 0 Å². The van der Waals surface area contributed by atoms with E-state index in [2.05, 4.69) is 44.7 Å². The van der Waals surface area contributed by atoms with Crippen molar-refractivity contribution < 1.29 is 9.21 Å². The van der Waals surface area contributed by atoms with Gasteiger partial charge in [0.15, 0.2) is 0 Å². The number of aromatic nitrogens is 2. The van der Waals surface area contributed by atoms with Gasteiger partial charge in [0.25, 0.3) is 5.91 Å². The number of amides is 1. The average molecular weight is 467 g/mol. The number of carbonyl (C=O) groups is 1. The second-order valence-corrected chi connectivity index (χ2v) is 9.14. The van der Waals surface area contributed by atoms with Crippen LogP contribution in [0.4, 0.5) is 0 Å². The minimum atomic E-state index is -0.111. The molecule has 1 fully saturated rings. The molecule has 0 spiro atoms. The summed E-state index contributed by atoms with van der Waals surface area (Å²) in [5, 5.41) is 11.4. The summed E-state index contributed by atoms with van der Waals surface area (Å²) in [6.07, 6.45) is 3.95. The zero-order valence-corrected chi connectivity index (χ0v) is 20.0. The van der Waals surface area contributed by atoms with E-state index < -0.39 is 0 Å². The number of likely N-dealkylation sites (tertiary alicyclic amines) is 1. The molecule has 6 nitrogen and oxygen atoms in total. The van der Waals surface area contributed by atoms with Crippen molar-refractivity contribution in [2.45, 2.75) is 39.3 Å². The predicted molar refractivity (Wildman–Crippen MR) is 137 cm³/mol. The highest BCUT2D eigenvalue weighted by atomic mass is 16.4. The molecule has 0 bridgehead atoms. The highest BCUT2D eigenvalue weighted by Crippen LogP contribution is 2.26. The number of carbonyl (C=O) groups excluding carboxylic acids is 1. The third-order valence-corrected chi connectivity index (χ3v) is 6.53. The van der Waals surface area contributed by atoms with Gasteiger partial charge in [0, 0.05) is 29.8 Å². The Labute approximate surface area is 206 Å². The highest BCUT2D eigenvalue weighted by Gasteiger charge is 2.14. The van der Waals surface area contributed by atoms with Crippen LogP contribution in [0.5, 0.6) is 0 Å². The molecule has 178 valence electrons. The topological polar surface area (TPSA) is 71.3 Å². The van der Waals surface area contributed by atoms with Crippen LogP contribution < -0.4 is 5.32 Å². The summed E-state index contributed by atoms with van der Waals surface area (Å²) < 4.78 is 5.87. The number of benzene rings is 3. The van der Waals surface area contributed by atoms with Crippen LogP contribution in [0.3, 0.4) is 0 Å². The zero-order valence-electron chi connectivity index (χ0n) is 20.0. The van der Waals surface area contributed by atoms with Gasteiger partial charge < -0.3 is 9.73 Å². The Morgan fingerprint density at radius 1 is 0.857 bits per heavy atom. The van der Waals surface area contributed by atoms with E-state index in [1.54, 1.807) is 12.1 Å². The number of nitrogens with one attached hydrogen (secondary N) is 1. The summed E-state index contributed by atoms with van der Waals surface area (Å²) in [5.41, 5.74) is 5.77. The second-order valence-electron chi connectivity index (χ2n) is 9.14. The molecule has 1 aromatic heterocycles. The summed E-state index contributed by atoms with van der Waals surface area (Å²) in [7, 11) is 0. The molecule has 1 aliphatic rings. The largest absolute Gasteiger partial charge is 0.416 e. The lowest BCUT2D eigenvalue weighted by Crippen LogP contribution is -2.29. The van der Waals surface area contributed by atoms with E-state index >= 15 is 0 Å². The maximum absolute atomic E-state index is 12.7. The lowest BCUT2D eigenvalue weighted by atomic mass is 10.1. The number of hydrogen-bond acceptors (Lipinski definition) is 5. The molecular formula is C29H30N4O2. The average Bonchev–Trinajstić information content (AvgIpc) is 3.39. The first-order chi connectivity index (χ1) is 17.2. The lowest BCUT2D eigenvalue weighted by molar-refractivity contribution is 0.0951.